The van der Waals surface area contributed by atoms with Crippen LogP contribution in [-0.4, -0.2) is 87.0 Å². The van der Waals surface area contributed by atoms with Crippen LogP contribution in [0.5, 0.6) is 5.75 Å². The topological polar surface area (TPSA) is 158 Å². The Kier molecular flexibility index (Phi) is 11.1. The largest absolute Gasteiger partial charge is 0.488 e. The number of carbonyl (C=O) groups is 3. The number of aromatic amines is 2. The number of aromatic nitrogens is 4. The Bertz CT molecular complexity index is 2080. The average molecular weight is 709 g/mol. The fraction of sp³-hybridized carbons (Fsp3) is 0.410. The summed E-state index contributed by atoms with van der Waals surface area (Å²) in [5.41, 5.74) is 6.74. The van der Waals surface area contributed by atoms with Gasteiger partial charge in [0.1, 0.15) is 30.5 Å². The van der Waals surface area contributed by atoms with Crippen LogP contribution in [0.1, 0.15) is 64.2 Å². The smallest absolute Gasteiger partial charge is 0.407 e. The number of alkyl carbamates (subject to hydrolysis) is 1. The second-order valence-electron chi connectivity index (χ2n) is 13.3. The van der Waals surface area contributed by atoms with Gasteiger partial charge in [-0.3, -0.25) is 9.59 Å². The van der Waals surface area contributed by atoms with Gasteiger partial charge >= 0.3 is 6.09 Å². The second kappa shape index (κ2) is 15.9. The first kappa shape index (κ1) is 36.4. The maximum Gasteiger partial charge on any atom is 0.407 e. The molecule has 13 nitrogen and oxygen atoms in total. The second-order valence-corrected chi connectivity index (χ2v) is 13.3. The van der Waals surface area contributed by atoms with Gasteiger partial charge in [0.05, 0.1) is 49.7 Å². The minimum atomic E-state index is -0.649. The monoisotopic (exact) mass is 708 g/mol. The Morgan fingerprint density at radius 2 is 1.69 bits per heavy atom. The average Bonchev–Trinajstić information content (AvgIpc) is 3.82. The van der Waals surface area contributed by atoms with Crippen LogP contribution >= 0.6 is 0 Å². The summed E-state index contributed by atoms with van der Waals surface area (Å²) in [5.74, 6) is 2.04. The number of rotatable bonds is 14. The summed E-state index contributed by atoms with van der Waals surface area (Å²) < 4.78 is 11.0. The molecule has 6 rings (SSSR count). The number of nitrogens with zero attached hydrogens (tertiary/aromatic N) is 4. The molecule has 0 saturated carbocycles. The first-order chi connectivity index (χ1) is 25.2. The van der Waals surface area contributed by atoms with Crippen LogP contribution in [0.2, 0.25) is 0 Å². The van der Waals surface area contributed by atoms with Crippen molar-refractivity contribution in [3.05, 3.63) is 65.9 Å². The van der Waals surface area contributed by atoms with E-state index >= 15 is 0 Å². The van der Waals surface area contributed by atoms with Gasteiger partial charge in [-0.05, 0) is 79.6 Å². The summed E-state index contributed by atoms with van der Waals surface area (Å²) in [6.45, 7) is 9.44. The minimum absolute atomic E-state index is 0.0487. The van der Waals surface area contributed by atoms with Crippen molar-refractivity contribution in [2.45, 2.75) is 78.7 Å². The maximum absolute atomic E-state index is 13.0. The molecule has 3 aromatic carbocycles. The highest BCUT2D eigenvalue weighted by Gasteiger charge is 2.25. The standard InChI is InChI=1S/C39H48N8O5/c1-7-23(4)46(37(49)19-42-39(50)51-6)20-34-41-17-32(44-34)25-10-12-28-26(14-25)22-52-33-16-29-24(15-30(28)33)11-13-31-38(29)45-35(43-31)21-47(27(8-2)9-3)36(48)18-40-5/h10-17,23,27,40H,7-9,18-22H2,1-6H3,(H,41,44)(H,42,50)(H,43,45)/t23-/m0/s1. The summed E-state index contributed by atoms with van der Waals surface area (Å²) >= 11 is 0. The van der Waals surface area contributed by atoms with E-state index in [-0.39, 0.29) is 43.5 Å². The molecule has 0 radical (unpaired) electrons. The number of imidazole rings is 2. The van der Waals surface area contributed by atoms with E-state index in [1.807, 2.05) is 24.8 Å². The Balaban J connectivity index is 1.24. The van der Waals surface area contributed by atoms with E-state index in [1.54, 1.807) is 18.1 Å². The van der Waals surface area contributed by atoms with Gasteiger partial charge in [-0.2, -0.15) is 0 Å². The number of benzene rings is 3. The number of methoxy groups -OCH3 is 1. The molecule has 274 valence electrons. The highest BCUT2D eigenvalue weighted by molar-refractivity contribution is 6.07. The van der Waals surface area contributed by atoms with Gasteiger partial charge in [0, 0.05) is 23.0 Å². The number of H-pyrrole nitrogens is 2. The molecule has 1 atom stereocenters. The number of likely N-dealkylation sites (N-methyl/N-ethyl adjacent to an activating group) is 1. The minimum Gasteiger partial charge on any atom is -0.488 e. The van der Waals surface area contributed by atoms with Crippen molar-refractivity contribution in [3.8, 4) is 28.1 Å². The third-order valence-corrected chi connectivity index (χ3v) is 10.0. The highest BCUT2D eigenvalue weighted by Crippen LogP contribution is 2.42. The molecule has 1 aliphatic heterocycles. The zero-order chi connectivity index (χ0) is 36.9. The Morgan fingerprint density at radius 1 is 0.923 bits per heavy atom. The van der Waals surface area contributed by atoms with Gasteiger partial charge in [-0.1, -0.05) is 39.0 Å². The molecule has 0 fully saturated rings. The van der Waals surface area contributed by atoms with E-state index < -0.39 is 6.09 Å². The highest BCUT2D eigenvalue weighted by atomic mass is 16.5. The maximum atomic E-state index is 13.0. The first-order valence-corrected chi connectivity index (χ1v) is 18.0. The van der Waals surface area contributed by atoms with Crippen LogP contribution in [0.15, 0.2) is 48.7 Å². The summed E-state index contributed by atoms with van der Waals surface area (Å²) in [6.07, 6.45) is 3.64. The SMILES string of the molecule is CCC(CC)N(Cc1nc2c(ccc3cc4c(cc32)OCc2cc(-c3cnc(CN(C(=O)CNC(=O)OC)[C@@H](C)CC)[nH]3)ccc2-4)[nH]1)C(=O)CNC. The lowest BCUT2D eigenvalue weighted by atomic mass is 9.92. The van der Waals surface area contributed by atoms with Crippen molar-refractivity contribution in [1.82, 2.24) is 40.4 Å². The molecule has 0 bridgehead atoms. The van der Waals surface area contributed by atoms with Crippen LogP contribution in [0.25, 0.3) is 44.2 Å². The van der Waals surface area contributed by atoms with Crippen molar-refractivity contribution in [3.63, 3.8) is 0 Å². The molecule has 0 spiro atoms. The Hall–Kier alpha value is -5.43. The van der Waals surface area contributed by atoms with Crippen molar-refractivity contribution < 1.29 is 23.9 Å². The van der Waals surface area contributed by atoms with Crippen LogP contribution in [0, 0.1) is 0 Å². The number of amides is 3. The molecule has 3 amide bonds. The third-order valence-electron chi connectivity index (χ3n) is 10.0. The summed E-state index contributed by atoms with van der Waals surface area (Å²) in [7, 11) is 3.05. The normalized spacial score (nSPS) is 12.7. The third kappa shape index (κ3) is 7.45. The predicted octanol–water partition coefficient (Wildman–Crippen LogP) is 5.89. The van der Waals surface area contributed by atoms with Gasteiger partial charge < -0.3 is 39.9 Å². The van der Waals surface area contributed by atoms with E-state index in [9.17, 15) is 14.4 Å². The van der Waals surface area contributed by atoms with Gasteiger partial charge in [0.15, 0.2) is 0 Å². The molecular formula is C39H48N8O5. The van der Waals surface area contributed by atoms with Crippen LogP contribution in [-0.2, 0) is 34.0 Å². The van der Waals surface area contributed by atoms with E-state index in [2.05, 4.69) is 80.6 Å². The zero-order valence-corrected chi connectivity index (χ0v) is 30.8. The van der Waals surface area contributed by atoms with E-state index in [0.29, 0.717) is 19.0 Å². The summed E-state index contributed by atoms with van der Waals surface area (Å²) in [6, 6.07) is 14.8. The van der Waals surface area contributed by atoms with Crippen LogP contribution in [0.3, 0.4) is 0 Å². The Morgan fingerprint density at radius 3 is 2.42 bits per heavy atom. The van der Waals surface area contributed by atoms with Crippen LogP contribution < -0.4 is 15.4 Å². The first-order valence-electron chi connectivity index (χ1n) is 18.0. The number of hydrogen-bond donors (Lipinski definition) is 4. The van der Waals surface area contributed by atoms with Gasteiger partial charge in [-0.15, -0.1) is 0 Å². The van der Waals surface area contributed by atoms with Crippen molar-refractivity contribution in [2.24, 2.45) is 0 Å². The summed E-state index contributed by atoms with van der Waals surface area (Å²) in [4.78, 5) is 57.5. The van der Waals surface area contributed by atoms with Gasteiger partial charge in [-0.25, -0.2) is 14.8 Å². The van der Waals surface area contributed by atoms with E-state index in [1.165, 1.54) is 7.11 Å². The van der Waals surface area contributed by atoms with Gasteiger partial charge in [0.25, 0.3) is 0 Å². The predicted molar refractivity (Wildman–Crippen MR) is 201 cm³/mol. The number of hydrogen-bond acceptors (Lipinski definition) is 8. The number of carbonyl (C=O) groups excluding carboxylic acids is 3. The molecule has 0 saturated heterocycles. The molecule has 5 aromatic rings. The molecule has 3 heterocycles. The molecule has 52 heavy (non-hydrogen) atoms. The molecule has 2 aromatic heterocycles. The molecule has 4 N–H and O–H groups in total. The fourth-order valence-electron chi connectivity index (χ4n) is 6.93. The van der Waals surface area contributed by atoms with E-state index in [4.69, 9.17) is 9.72 Å². The lowest BCUT2D eigenvalue weighted by molar-refractivity contribution is -0.134. The number of ether oxygens (including phenoxy) is 2. The molecule has 0 aliphatic carbocycles. The fourth-order valence-corrected chi connectivity index (χ4v) is 6.93. The quantitative estimate of drug-likeness (QED) is 0.111. The number of fused-ring (bicyclic) bond motifs is 6. The lowest BCUT2D eigenvalue weighted by Gasteiger charge is -2.30. The Labute approximate surface area is 303 Å². The lowest BCUT2D eigenvalue weighted by Crippen LogP contribution is -2.44. The summed E-state index contributed by atoms with van der Waals surface area (Å²) in [5, 5.41) is 7.50. The van der Waals surface area contributed by atoms with Crippen LogP contribution in [0.4, 0.5) is 4.79 Å². The molecular weight excluding hydrogens is 660 g/mol. The molecule has 1 aliphatic rings. The zero-order valence-electron chi connectivity index (χ0n) is 30.8. The van der Waals surface area contributed by atoms with Crippen molar-refractivity contribution in [1.29, 1.82) is 0 Å². The molecule has 13 heteroatoms. The van der Waals surface area contributed by atoms with Crippen molar-refractivity contribution in [2.75, 3.05) is 27.2 Å². The number of nitrogens with one attached hydrogen (secondary N) is 4. The van der Waals surface area contributed by atoms with E-state index in [0.717, 1.165) is 80.6 Å². The molecule has 0 unspecified atom stereocenters. The van der Waals surface area contributed by atoms with Gasteiger partial charge in [0.2, 0.25) is 11.8 Å². The van der Waals surface area contributed by atoms with Crippen molar-refractivity contribution >= 4 is 39.7 Å².